The normalized spacial score (nSPS) is 13.4. The van der Waals surface area contributed by atoms with E-state index in [2.05, 4.69) is 28.8 Å². The van der Waals surface area contributed by atoms with Crippen molar-refractivity contribution in [3.63, 3.8) is 0 Å². The van der Waals surface area contributed by atoms with E-state index in [0.717, 1.165) is 22.1 Å². The Morgan fingerprint density at radius 2 is 1.03 bits per heavy atom. The van der Waals surface area contributed by atoms with Gasteiger partial charge in [0.05, 0.1) is 22.4 Å². The molecule has 0 fully saturated rings. The standard InChI is InChI=1S/C30H18N2O2/c33-29-23-14-8-13-22-27(32-25-15-6-4-11-20(25)21-12-5-7-16-26(21)32)18-17-24(28(22)23)30(34)31(29)19-9-2-1-3-10-19/h1-18H. The minimum Gasteiger partial charge on any atom is -0.309 e. The van der Waals surface area contributed by atoms with E-state index in [1.54, 1.807) is 12.1 Å². The number of carbonyl (C=O) groups excluding carboxylic acids is 2. The molecule has 160 valence electrons. The first-order chi connectivity index (χ1) is 16.7. The summed E-state index contributed by atoms with van der Waals surface area (Å²) in [6, 6.07) is 35.3. The number of nitrogens with zero attached hydrogens (tertiary/aromatic N) is 2. The fourth-order valence-corrected chi connectivity index (χ4v) is 5.27. The maximum absolute atomic E-state index is 13.5. The number of rotatable bonds is 2. The largest absolute Gasteiger partial charge is 0.309 e. The van der Waals surface area contributed by atoms with Gasteiger partial charge in [-0.05, 0) is 42.5 Å². The Morgan fingerprint density at radius 3 is 1.71 bits per heavy atom. The number of imide groups is 1. The zero-order valence-electron chi connectivity index (χ0n) is 18.1. The third-order valence-corrected chi connectivity index (χ3v) is 6.72. The van der Waals surface area contributed by atoms with Crippen LogP contribution in [0.5, 0.6) is 0 Å². The number of aromatic nitrogens is 1. The summed E-state index contributed by atoms with van der Waals surface area (Å²) in [5.74, 6) is -0.595. The van der Waals surface area contributed by atoms with Gasteiger partial charge in [0.1, 0.15) is 0 Å². The second kappa shape index (κ2) is 6.90. The highest BCUT2D eigenvalue weighted by molar-refractivity contribution is 6.36. The van der Waals surface area contributed by atoms with Crippen molar-refractivity contribution in [3.05, 3.63) is 120 Å². The molecular formula is C30H18N2O2. The first kappa shape index (κ1) is 18.8. The highest BCUT2D eigenvalue weighted by Crippen LogP contribution is 2.39. The van der Waals surface area contributed by atoms with Crippen LogP contribution >= 0.6 is 0 Å². The fraction of sp³-hybridized carbons (Fsp3) is 0. The van der Waals surface area contributed by atoms with Crippen LogP contribution in [0.1, 0.15) is 20.7 Å². The predicted molar refractivity (Wildman–Crippen MR) is 136 cm³/mol. The summed E-state index contributed by atoms with van der Waals surface area (Å²) in [5, 5.41) is 3.93. The molecule has 5 aromatic carbocycles. The number of benzene rings is 5. The lowest BCUT2D eigenvalue weighted by molar-refractivity contribution is 0.0893. The highest BCUT2D eigenvalue weighted by Gasteiger charge is 2.34. The van der Waals surface area contributed by atoms with Crippen LogP contribution in [0.2, 0.25) is 0 Å². The summed E-state index contributed by atoms with van der Waals surface area (Å²) in [6.07, 6.45) is 0. The van der Waals surface area contributed by atoms with Gasteiger partial charge in [-0.1, -0.05) is 66.7 Å². The van der Waals surface area contributed by atoms with Gasteiger partial charge in [0.2, 0.25) is 0 Å². The van der Waals surface area contributed by atoms with Gasteiger partial charge in [-0.2, -0.15) is 0 Å². The third-order valence-electron chi connectivity index (χ3n) is 6.72. The average molecular weight is 438 g/mol. The molecule has 0 aliphatic carbocycles. The second-order valence-corrected chi connectivity index (χ2v) is 8.51. The topological polar surface area (TPSA) is 42.3 Å². The van der Waals surface area contributed by atoms with Crippen molar-refractivity contribution >= 4 is 50.1 Å². The molecule has 0 spiro atoms. The molecule has 1 aliphatic rings. The van der Waals surface area contributed by atoms with Crippen molar-refractivity contribution in [2.24, 2.45) is 0 Å². The molecule has 0 unspecified atom stereocenters. The van der Waals surface area contributed by atoms with Crippen LogP contribution < -0.4 is 4.90 Å². The van der Waals surface area contributed by atoms with E-state index < -0.39 is 0 Å². The summed E-state index contributed by atoms with van der Waals surface area (Å²) in [5.41, 5.74) is 4.78. The number of hydrogen-bond donors (Lipinski definition) is 0. The summed E-state index contributed by atoms with van der Waals surface area (Å²) in [6.45, 7) is 0. The van der Waals surface area contributed by atoms with Crippen molar-refractivity contribution in [2.45, 2.75) is 0 Å². The minimum atomic E-state index is -0.298. The van der Waals surface area contributed by atoms with Crippen LogP contribution in [0.15, 0.2) is 109 Å². The van der Waals surface area contributed by atoms with Gasteiger partial charge < -0.3 is 4.57 Å². The highest BCUT2D eigenvalue weighted by atomic mass is 16.2. The van der Waals surface area contributed by atoms with E-state index in [1.807, 2.05) is 72.8 Å². The quantitative estimate of drug-likeness (QED) is 0.281. The number of anilines is 1. The van der Waals surface area contributed by atoms with E-state index in [0.29, 0.717) is 22.2 Å². The van der Waals surface area contributed by atoms with Gasteiger partial charge in [-0.3, -0.25) is 9.59 Å². The first-order valence-corrected chi connectivity index (χ1v) is 11.2. The molecule has 0 saturated heterocycles. The lowest BCUT2D eigenvalue weighted by Crippen LogP contribution is -2.40. The van der Waals surface area contributed by atoms with Crippen LogP contribution in [0.4, 0.5) is 5.69 Å². The molecular weight excluding hydrogens is 420 g/mol. The molecule has 0 saturated carbocycles. The summed E-state index contributed by atoms with van der Waals surface area (Å²) in [4.78, 5) is 28.3. The molecule has 4 heteroatoms. The molecule has 2 heterocycles. The number of amides is 2. The van der Waals surface area contributed by atoms with Crippen LogP contribution in [0.25, 0.3) is 38.3 Å². The third kappa shape index (κ3) is 2.42. The SMILES string of the molecule is O=C1c2cccc3c(-n4c5ccccc5c5ccccc54)ccc(c23)C(=O)N1c1ccccc1. The first-order valence-electron chi connectivity index (χ1n) is 11.2. The summed E-state index contributed by atoms with van der Waals surface area (Å²) in [7, 11) is 0. The Bertz CT molecular complexity index is 1720. The average Bonchev–Trinajstić information content (AvgIpc) is 3.22. The van der Waals surface area contributed by atoms with Crippen molar-refractivity contribution < 1.29 is 9.59 Å². The van der Waals surface area contributed by atoms with E-state index in [9.17, 15) is 9.59 Å². The van der Waals surface area contributed by atoms with Gasteiger partial charge in [0, 0.05) is 32.7 Å². The van der Waals surface area contributed by atoms with Crippen molar-refractivity contribution in [2.75, 3.05) is 4.90 Å². The maximum atomic E-state index is 13.5. The van der Waals surface area contributed by atoms with Gasteiger partial charge >= 0.3 is 0 Å². The number of para-hydroxylation sites is 3. The van der Waals surface area contributed by atoms with Gasteiger partial charge in [-0.25, -0.2) is 4.90 Å². The Hall–Kier alpha value is -4.70. The molecule has 0 N–H and O–H groups in total. The molecule has 34 heavy (non-hydrogen) atoms. The van der Waals surface area contributed by atoms with E-state index in [-0.39, 0.29) is 11.8 Å². The van der Waals surface area contributed by atoms with Gasteiger partial charge in [0.25, 0.3) is 11.8 Å². The lowest BCUT2D eigenvalue weighted by Gasteiger charge is -2.28. The molecule has 1 aromatic heterocycles. The zero-order valence-corrected chi connectivity index (χ0v) is 18.1. The number of hydrogen-bond acceptors (Lipinski definition) is 2. The smallest absolute Gasteiger partial charge is 0.265 e. The minimum absolute atomic E-state index is 0.298. The second-order valence-electron chi connectivity index (χ2n) is 8.51. The number of carbonyl (C=O) groups is 2. The maximum Gasteiger partial charge on any atom is 0.265 e. The van der Waals surface area contributed by atoms with E-state index in [4.69, 9.17) is 0 Å². The molecule has 4 nitrogen and oxygen atoms in total. The Labute approximate surface area is 195 Å². The van der Waals surface area contributed by atoms with E-state index in [1.165, 1.54) is 15.7 Å². The van der Waals surface area contributed by atoms with Crippen LogP contribution in [-0.2, 0) is 0 Å². The van der Waals surface area contributed by atoms with Crippen molar-refractivity contribution in [3.8, 4) is 5.69 Å². The van der Waals surface area contributed by atoms with Crippen LogP contribution in [0, 0.1) is 0 Å². The molecule has 0 atom stereocenters. The van der Waals surface area contributed by atoms with Gasteiger partial charge in [-0.15, -0.1) is 0 Å². The van der Waals surface area contributed by atoms with Crippen molar-refractivity contribution in [1.82, 2.24) is 4.57 Å². The molecule has 0 bridgehead atoms. The fourth-order valence-electron chi connectivity index (χ4n) is 5.27. The molecule has 7 rings (SSSR count). The Balaban J connectivity index is 1.55. The predicted octanol–water partition coefficient (Wildman–Crippen LogP) is 6.74. The monoisotopic (exact) mass is 438 g/mol. The summed E-state index contributed by atoms with van der Waals surface area (Å²) < 4.78 is 2.23. The van der Waals surface area contributed by atoms with E-state index >= 15 is 0 Å². The zero-order chi connectivity index (χ0) is 22.8. The van der Waals surface area contributed by atoms with Crippen LogP contribution in [-0.4, -0.2) is 16.4 Å². The summed E-state index contributed by atoms with van der Waals surface area (Å²) >= 11 is 0. The lowest BCUT2D eigenvalue weighted by atomic mass is 9.92. The Morgan fingerprint density at radius 1 is 0.471 bits per heavy atom. The van der Waals surface area contributed by atoms with Gasteiger partial charge in [0.15, 0.2) is 0 Å². The number of fused-ring (bicyclic) bond motifs is 3. The van der Waals surface area contributed by atoms with Crippen molar-refractivity contribution in [1.29, 1.82) is 0 Å². The molecule has 6 aromatic rings. The van der Waals surface area contributed by atoms with Crippen LogP contribution in [0.3, 0.4) is 0 Å². The Kier molecular flexibility index (Phi) is 3.82. The molecule has 1 aliphatic heterocycles. The molecule has 2 amide bonds. The molecule has 0 radical (unpaired) electrons.